The van der Waals surface area contributed by atoms with Gasteiger partial charge in [-0.25, -0.2) is 14.3 Å². The van der Waals surface area contributed by atoms with E-state index in [1.807, 2.05) is 0 Å². The summed E-state index contributed by atoms with van der Waals surface area (Å²) in [5.41, 5.74) is -0.568. The molecule has 0 atom stereocenters. The summed E-state index contributed by atoms with van der Waals surface area (Å²) in [6.07, 6.45) is 6.22. The summed E-state index contributed by atoms with van der Waals surface area (Å²) in [5, 5.41) is 4.69. The van der Waals surface area contributed by atoms with Crippen molar-refractivity contribution in [2.45, 2.75) is 18.4 Å². The second-order valence-electron chi connectivity index (χ2n) is 3.69. The Morgan fingerprint density at radius 3 is 3.06 bits per heavy atom. The van der Waals surface area contributed by atoms with Crippen LogP contribution in [0.2, 0.25) is 5.02 Å². The van der Waals surface area contributed by atoms with Crippen LogP contribution in [0.5, 0.6) is 0 Å². The molecule has 0 bridgehead atoms. The van der Waals surface area contributed by atoms with Crippen molar-refractivity contribution in [2.75, 3.05) is 0 Å². The highest BCUT2D eigenvalue weighted by molar-refractivity contribution is 6.30. The Kier molecular flexibility index (Phi) is 1.83. The maximum atomic E-state index is 10.3. The van der Waals surface area contributed by atoms with Crippen molar-refractivity contribution in [2.24, 2.45) is 4.99 Å². The molecule has 3 rings (SSSR count). The number of hydrogen-bond donors (Lipinski definition) is 0. The van der Waals surface area contributed by atoms with Crippen LogP contribution in [0.4, 0.5) is 0 Å². The second kappa shape index (κ2) is 3.10. The molecule has 6 nitrogen and oxygen atoms in total. The van der Waals surface area contributed by atoms with Crippen molar-refractivity contribution in [3.05, 3.63) is 23.2 Å². The standard InChI is InChI=1S/C9H6ClN5O/c10-6-3-11-8-13-7(14-15(8)4-6)9(1-2-9)12-5-16/h3-4H,1-2H2. The number of aliphatic imine (C=N–C) groups is 1. The van der Waals surface area contributed by atoms with Crippen LogP contribution in [0.3, 0.4) is 0 Å². The summed E-state index contributed by atoms with van der Waals surface area (Å²) in [6, 6.07) is 0. The molecule has 0 amide bonds. The van der Waals surface area contributed by atoms with Gasteiger partial charge in [0.25, 0.3) is 5.78 Å². The average Bonchev–Trinajstić information content (AvgIpc) is 2.91. The fourth-order valence-corrected chi connectivity index (χ4v) is 1.69. The second-order valence-corrected chi connectivity index (χ2v) is 4.12. The molecule has 0 aromatic carbocycles. The number of rotatable bonds is 2. The van der Waals surface area contributed by atoms with Gasteiger partial charge >= 0.3 is 0 Å². The van der Waals surface area contributed by atoms with Gasteiger partial charge in [-0.15, -0.1) is 5.10 Å². The molecule has 1 saturated carbocycles. The summed E-state index contributed by atoms with van der Waals surface area (Å²) >= 11 is 5.78. The normalized spacial score (nSPS) is 17.1. The van der Waals surface area contributed by atoms with E-state index in [1.165, 1.54) is 10.7 Å². The van der Waals surface area contributed by atoms with Crippen molar-refractivity contribution in [3.63, 3.8) is 0 Å². The largest absolute Gasteiger partial charge is 0.252 e. The average molecular weight is 236 g/mol. The fraction of sp³-hybridized carbons (Fsp3) is 0.333. The molecular weight excluding hydrogens is 230 g/mol. The minimum Gasteiger partial charge on any atom is -0.218 e. The van der Waals surface area contributed by atoms with Crippen molar-refractivity contribution >= 4 is 23.5 Å². The van der Waals surface area contributed by atoms with Crippen molar-refractivity contribution in [3.8, 4) is 0 Å². The first kappa shape index (κ1) is 9.45. The monoisotopic (exact) mass is 235 g/mol. The summed E-state index contributed by atoms with van der Waals surface area (Å²) in [4.78, 5) is 22.3. The molecule has 0 radical (unpaired) electrons. The molecule has 1 aliphatic carbocycles. The van der Waals surface area contributed by atoms with Crippen molar-refractivity contribution in [1.82, 2.24) is 19.6 Å². The van der Waals surface area contributed by atoms with E-state index < -0.39 is 5.54 Å². The number of isocyanates is 1. The van der Waals surface area contributed by atoms with Crippen LogP contribution in [0.15, 0.2) is 17.4 Å². The molecule has 16 heavy (non-hydrogen) atoms. The quantitative estimate of drug-likeness (QED) is 0.577. The molecule has 2 heterocycles. The predicted octanol–water partition coefficient (Wildman–Crippen LogP) is 1.10. The highest BCUT2D eigenvalue weighted by atomic mass is 35.5. The number of nitrogens with zero attached hydrogens (tertiary/aromatic N) is 5. The Balaban J connectivity index is 2.15. The van der Waals surface area contributed by atoms with E-state index in [9.17, 15) is 4.79 Å². The van der Waals surface area contributed by atoms with Gasteiger partial charge in [-0.05, 0) is 12.8 Å². The Labute approximate surface area is 95.0 Å². The molecule has 2 aromatic rings. The minimum atomic E-state index is -0.568. The molecule has 1 aliphatic rings. The van der Waals surface area contributed by atoms with Gasteiger partial charge in [0.2, 0.25) is 6.08 Å². The SMILES string of the molecule is O=C=NC1(c2nc3ncc(Cl)cn3n2)CC1. The number of hydrogen-bond acceptors (Lipinski definition) is 5. The van der Waals surface area contributed by atoms with Gasteiger partial charge in [-0.2, -0.15) is 9.98 Å². The lowest BCUT2D eigenvalue weighted by molar-refractivity contribution is 0.553. The molecule has 7 heteroatoms. The van der Waals surface area contributed by atoms with Crippen LogP contribution in [0.25, 0.3) is 5.78 Å². The molecule has 80 valence electrons. The van der Waals surface area contributed by atoms with Crippen LogP contribution < -0.4 is 0 Å². The van der Waals surface area contributed by atoms with Crippen LogP contribution in [-0.4, -0.2) is 25.7 Å². The van der Waals surface area contributed by atoms with Gasteiger partial charge in [-0.3, -0.25) is 0 Å². The fourth-order valence-electron chi connectivity index (χ4n) is 1.55. The first-order valence-electron chi connectivity index (χ1n) is 4.71. The zero-order valence-electron chi connectivity index (χ0n) is 8.09. The summed E-state index contributed by atoms with van der Waals surface area (Å²) < 4.78 is 1.48. The van der Waals surface area contributed by atoms with E-state index in [4.69, 9.17) is 11.6 Å². The number of carbonyl (C=O) groups excluding carboxylic acids is 1. The minimum absolute atomic E-state index is 0.451. The lowest BCUT2D eigenvalue weighted by Gasteiger charge is -1.98. The van der Waals surface area contributed by atoms with Crippen LogP contribution in [0.1, 0.15) is 18.7 Å². The number of fused-ring (bicyclic) bond motifs is 1. The third-order valence-electron chi connectivity index (χ3n) is 2.56. The zero-order chi connectivity index (χ0) is 11.2. The number of aromatic nitrogens is 4. The molecule has 0 saturated heterocycles. The lowest BCUT2D eigenvalue weighted by atomic mass is 10.3. The Bertz CT molecular complexity index is 611. The first-order valence-corrected chi connectivity index (χ1v) is 5.09. The zero-order valence-corrected chi connectivity index (χ0v) is 8.85. The van der Waals surface area contributed by atoms with E-state index in [1.54, 1.807) is 12.3 Å². The predicted molar refractivity (Wildman–Crippen MR) is 54.8 cm³/mol. The van der Waals surface area contributed by atoms with Gasteiger partial charge in [0.1, 0.15) is 5.54 Å². The Hall–Kier alpha value is -1.78. The summed E-state index contributed by atoms with van der Waals surface area (Å²) in [5.74, 6) is 0.956. The van der Waals surface area contributed by atoms with E-state index >= 15 is 0 Å². The van der Waals surface area contributed by atoms with Gasteiger partial charge in [0, 0.05) is 0 Å². The first-order chi connectivity index (χ1) is 7.73. The third-order valence-corrected chi connectivity index (χ3v) is 2.76. The smallest absolute Gasteiger partial charge is 0.218 e. The molecule has 2 aromatic heterocycles. The van der Waals surface area contributed by atoms with E-state index in [2.05, 4.69) is 20.1 Å². The summed E-state index contributed by atoms with van der Waals surface area (Å²) in [6.45, 7) is 0. The van der Waals surface area contributed by atoms with E-state index in [0.29, 0.717) is 16.6 Å². The van der Waals surface area contributed by atoms with Crippen molar-refractivity contribution < 1.29 is 4.79 Å². The lowest BCUT2D eigenvalue weighted by Crippen LogP contribution is -2.05. The molecule has 0 N–H and O–H groups in total. The van der Waals surface area contributed by atoms with E-state index in [-0.39, 0.29) is 0 Å². The van der Waals surface area contributed by atoms with Crippen LogP contribution >= 0.6 is 11.6 Å². The van der Waals surface area contributed by atoms with Crippen LogP contribution in [-0.2, 0) is 10.3 Å². The van der Waals surface area contributed by atoms with Gasteiger partial charge in [0.15, 0.2) is 5.82 Å². The highest BCUT2D eigenvalue weighted by Crippen LogP contribution is 2.47. The van der Waals surface area contributed by atoms with Crippen LogP contribution in [0, 0.1) is 0 Å². The third kappa shape index (κ3) is 1.31. The topological polar surface area (TPSA) is 72.5 Å². The Morgan fingerprint density at radius 2 is 2.38 bits per heavy atom. The highest BCUT2D eigenvalue weighted by Gasteiger charge is 2.48. The maximum Gasteiger partial charge on any atom is 0.252 e. The molecule has 0 aliphatic heterocycles. The van der Waals surface area contributed by atoms with Gasteiger partial charge < -0.3 is 0 Å². The number of halogens is 1. The molecule has 0 unspecified atom stereocenters. The van der Waals surface area contributed by atoms with Crippen molar-refractivity contribution in [1.29, 1.82) is 0 Å². The Morgan fingerprint density at radius 1 is 1.56 bits per heavy atom. The molecular formula is C9H6ClN5O. The van der Waals surface area contributed by atoms with Gasteiger partial charge in [0.05, 0.1) is 17.4 Å². The molecule has 1 fully saturated rings. The van der Waals surface area contributed by atoms with Gasteiger partial charge in [-0.1, -0.05) is 11.6 Å². The summed E-state index contributed by atoms with van der Waals surface area (Å²) in [7, 11) is 0. The maximum absolute atomic E-state index is 10.3. The molecule has 0 spiro atoms. The van der Waals surface area contributed by atoms with E-state index in [0.717, 1.165) is 12.8 Å².